The second-order valence-electron chi connectivity index (χ2n) is 0.783. The molecule has 5 nitrogen and oxygen atoms in total. The van der Waals surface area contributed by atoms with Crippen molar-refractivity contribution in [3.63, 3.8) is 0 Å². The SMILES string of the molecule is COC(=O)O[P+](=O)O. The summed E-state index contributed by atoms with van der Waals surface area (Å²) >= 11 is 0. The Kier molecular flexibility index (Phi) is 3.07. The fraction of sp³-hybridized carbons (Fsp3) is 0.500. The summed E-state index contributed by atoms with van der Waals surface area (Å²) in [7, 11) is -1.83. The standard InChI is InChI=1S/C2H3O5P/c1-6-2(3)7-8(4)5/h1H3/p+1. The molecule has 0 saturated heterocycles. The largest absolute Gasteiger partial charge is 0.753 e. The quantitative estimate of drug-likeness (QED) is 0.421. The molecular formula is C2H4O5P+. The van der Waals surface area contributed by atoms with Crippen molar-refractivity contribution in [1.29, 1.82) is 0 Å². The van der Waals surface area contributed by atoms with Crippen molar-refractivity contribution >= 4 is 14.4 Å². The van der Waals surface area contributed by atoms with E-state index in [-0.39, 0.29) is 0 Å². The first-order valence-corrected chi connectivity index (χ1v) is 2.72. The normalized spacial score (nSPS) is 10.0. The Labute approximate surface area is 46.2 Å². The van der Waals surface area contributed by atoms with Gasteiger partial charge in [0.1, 0.15) is 0 Å². The van der Waals surface area contributed by atoms with Crippen molar-refractivity contribution in [2.24, 2.45) is 0 Å². The van der Waals surface area contributed by atoms with Gasteiger partial charge < -0.3 is 4.74 Å². The van der Waals surface area contributed by atoms with Gasteiger partial charge in [-0.15, -0.1) is 9.42 Å². The maximum absolute atomic E-state index is 9.83. The summed E-state index contributed by atoms with van der Waals surface area (Å²) in [6, 6.07) is 0. The van der Waals surface area contributed by atoms with E-state index in [4.69, 9.17) is 4.89 Å². The van der Waals surface area contributed by atoms with Gasteiger partial charge in [-0.05, 0) is 0 Å². The Balaban J connectivity index is 3.40. The van der Waals surface area contributed by atoms with Gasteiger partial charge in [0.25, 0.3) is 0 Å². The Bertz CT molecular complexity index is 109. The number of carbonyl (C=O) groups excluding carboxylic acids is 1. The van der Waals surface area contributed by atoms with Gasteiger partial charge in [-0.3, -0.25) is 0 Å². The molecule has 0 aromatic carbocycles. The lowest BCUT2D eigenvalue weighted by Crippen LogP contribution is -1.96. The summed E-state index contributed by atoms with van der Waals surface area (Å²) in [5.41, 5.74) is 0. The van der Waals surface area contributed by atoms with E-state index in [1.165, 1.54) is 0 Å². The van der Waals surface area contributed by atoms with Crippen LogP contribution < -0.4 is 0 Å². The van der Waals surface area contributed by atoms with Crippen LogP contribution in [0, 0.1) is 0 Å². The molecule has 0 amide bonds. The highest BCUT2D eigenvalue weighted by Crippen LogP contribution is 2.14. The highest BCUT2D eigenvalue weighted by molar-refractivity contribution is 7.32. The molecule has 0 saturated carbocycles. The Morgan fingerprint density at radius 3 is 2.38 bits per heavy atom. The second-order valence-corrected chi connectivity index (χ2v) is 1.44. The molecule has 1 N–H and O–H groups in total. The van der Waals surface area contributed by atoms with Gasteiger partial charge >= 0.3 is 14.4 Å². The predicted octanol–water partition coefficient (Wildman–Crippen LogP) is 0.419. The van der Waals surface area contributed by atoms with E-state index in [9.17, 15) is 9.36 Å². The molecule has 0 aromatic rings. The Morgan fingerprint density at radius 2 is 2.25 bits per heavy atom. The summed E-state index contributed by atoms with van der Waals surface area (Å²) in [5, 5.41) is 0. The predicted molar refractivity (Wildman–Crippen MR) is 23.3 cm³/mol. The van der Waals surface area contributed by atoms with Crippen LogP contribution in [0.3, 0.4) is 0 Å². The van der Waals surface area contributed by atoms with Crippen LogP contribution in [0.4, 0.5) is 4.79 Å². The summed E-state index contributed by atoms with van der Waals surface area (Å²) in [6.07, 6.45) is -1.16. The molecule has 1 unspecified atom stereocenters. The first-order chi connectivity index (χ1) is 3.66. The molecule has 0 bridgehead atoms. The van der Waals surface area contributed by atoms with Crippen molar-refractivity contribution in [2.75, 3.05) is 7.11 Å². The van der Waals surface area contributed by atoms with Crippen LogP contribution in [0.5, 0.6) is 0 Å². The molecule has 6 heteroatoms. The van der Waals surface area contributed by atoms with Gasteiger partial charge in [-0.1, -0.05) is 0 Å². The average molecular weight is 139 g/mol. The van der Waals surface area contributed by atoms with Crippen LogP contribution in [-0.2, 0) is 13.8 Å². The second kappa shape index (κ2) is 3.35. The molecule has 0 radical (unpaired) electrons. The molecule has 0 rings (SSSR count). The zero-order valence-corrected chi connectivity index (χ0v) is 4.92. The third-order valence-electron chi connectivity index (χ3n) is 0.319. The minimum Gasteiger partial charge on any atom is -0.435 e. The van der Waals surface area contributed by atoms with Crippen molar-refractivity contribution in [2.45, 2.75) is 0 Å². The van der Waals surface area contributed by atoms with E-state index in [1.807, 2.05) is 0 Å². The van der Waals surface area contributed by atoms with Gasteiger partial charge in [0, 0.05) is 4.57 Å². The smallest absolute Gasteiger partial charge is 0.435 e. The number of hydrogen-bond acceptors (Lipinski definition) is 4. The Hall–Kier alpha value is -0.670. The lowest BCUT2D eigenvalue weighted by molar-refractivity contribution is 0.120. The number of hydrogen-bond donors (Lipinski definition) is 1. The van der Waals surface area contributed by atoms with E-state index >= 15 is 0 Å². The van der Waals surface area contributed by atoms with Crippen LogP contribution in [-0.4, -0.2) is 18.2 Å². The maximum Gasteiger partial charge on any atom is 0.753 e. The average Bonchev–Trinajstić information content (AvgIpc) is 1.65. The van der Waals surface area contributed by atoms with E-state index in [0.717, 1.165) is 7.11 Å². The fourth-order valence-corrected chi connectivity index (χ4v) is 0.303. The first-order valence-electron chi connectivity index (χ1n) is 1.59. The van der Waals surface area contributed by atoms with E-state index < -0.39 is 14.4 Å². The van der Waals surface area contributed by atoms with Crippen molar-refractivity contribution < 1.29 is 23.5 Å². The summed E-state index contributed by atoms with van der Waals surface area (Å²) in [4.78, 5) is 17.7. The highest BCUT2D eigenvalue weighted by Gasteiger charge is 2.19. The summed E-state index contributed by atoms with van der Waals surface area (Å²) in [6.45, 7) is 0. The zero-order valence-electron chi connectivity index (χ0n) is 4.03. The molecule has 0 aliphatic carbocycles. The van der Waals surface area contributed by atoms with Crippen molar-refractivity contribution in [1.82, 2.24) is 0 Å². The van der Waals surface area contributed by atoms with Gasteiger partial charge in [0.2, 0.25) is 0 Å². The lowest BCUT2D eigenvalue weighted by atomic mass is 11.4. The number of carbonyl (C=O) groups is 1. The van der Waals surface area contributed by atoms with Gasteiger partial charge in [0.15, 0.2) is 0 Å². The third-order valence-corrected chi connectivity index (χ3v) is 0.625. The highest BCUT2D eigenvalue weighted by atomic mass is 31.1. The van der Waals surface area contributed by atoms with Crippen LogP contribution in [0.25, 0.3) is 0 Å². The molecule has 0 aliphatic rings. The van der Waals surface area contributed by atoms with Gasteiger partial charge in [-0.25, -0.2) is 0 Å². The molecule has 8 heavy (non-hydrogen) atoms. The van der Waals surface area contributed by atoms with Crippen LogP contribution in [0.15, 0.2) is 0 Å². The molecule has 0 aromatic heterocycles. The molecule has 0 spiro atoms. The topological polar surface area (TPSA) is 72.8 Å². The molecule has 0 heterocycles. The molecule has 0 fully saturated rings. The zero-order chi connectivity index (χ0) is 6.57. The van der Waals surface area contributed by atoms with Crippen LogP contribution >= 0.6 is 8.25 Å². The minimum atomic E-state index is -2.87. The number of rotatable bonds is 1. The van der Waals surface area contributed by atoms with Crippen molar-refractivity contribution in [3.8, 4) is 0 Å². The van der Waals surface area contributed by atoms with Crippen LogP contribution in [0.2, 0.25) is 0 Å². The molecule has 46 valence electrons. The van der Waals surface area contributed by atoms with E-state index in [0.29, 0.717) is 0 Å². The van der Waals surface area contributed by atoms with Crippen LogP contribution in [0.1, 0.15) is 0 Å². The first kappa shape index (κ1) is 7.33. The third kappa shape index (κ3) is 3.52. The molecule has 1 atom stereocenters. The lowest BCUT2D eigenvalue weighted by Gasteiger charge is -1.82. The maximum atomic E-state index is 9.83. The summed E-state index contributed by atoms with van der Waals surface area (Å²) < 4.78 is 17.1. The minimum absolute atomic E-state index is 1.04. The van der Waals surface area contributed by atoms with E-state index in [2.05, 4.69) is 9.26 Å². The van der Waals surface area contributed by atoms with E-state index in [1.54, 1.807) is 0 Å². The molecular weight excluding hydrogens is 135 g/mol. The Morgan fingerprint density at radius 1 is 1.75 bits per heavy atom. The van der Waals surface area contributed by atoms with Crippen molar-refractivity contribution in [3.05, 3.63) is 0 Å². The van der Waals surface area contributed by atoms with Gasteiger partial charge in [-0.2, -0.15) is 4.79 Å². The van der Waals surface area contributed by atoms with Gasteiger partial charge in [0.05, 0.1) is 7.11 Å². The monoisotopic (exact) mass is 139 g/mol. The number of ether oxygens (including phenoxy) is 1. The number of methoxy groups -OCH3 is 1. The molecule has 0 aliphatic heterocycles. The fourth-order valence-electron chi connectivity index (χ4n) is 0.101. The summed E-state index contributed by atoms with van der Waals surface area (Å²) in [5.74, 6) is 0.